The zero-order valence-corrected chi connectivity index (χ0v) is 16.8. The summed E-state index contributed by atoms with van der Waals surface area (Å²) in [7, 11) is 0. The maximum Gasteiger partial charge on any atom is 0.276 e. The molecule has 2 rings (SSSR count). The number of hydrazine groups is 1. The summed E-state index contributed by atoms with van der Waals surface area (Å²) in [5.74, 6) is -0.107. The van der Waals surface area contributed by atoms with E-state index in [-0.39, 0.29) is 12.5 Å². The molecule has 0 saturated carbocycles. The minimum atomic E-state index is -0.419. The number of hydrogen-bond acceptors (Lipinski definition) is 4. The molecule has 2 aromatic rings. The Balaban J connectivity index is 1.80. The average molecular weight is 383 g/mol. The first-order valence-electron chi connectivity index (χ1n) is 9.68. The van der Waals surface area contributed by atoms with Gasteiger partial charge in [0.1, 0.15) is 5.75 Å². The molecule has 2 amide bonds. The number of amides is 2. The standard InChI is InChI=1S/C22H29N3O3/c1-4-18-9-7-8-10-20(18)28-16-21(26)23-24-22(27)19-13-11-17(12-14-19)15-25(5-2)6-3/h7-14H,4-6,15-16H2,1-3H3,(H,23,26)(H,24,27). The van der Waals surface area contributed by atoms with Gasteiger partial charge in [-0.15, -0.1) is 0 Å². The van der Waals surface area contributed by atoms with E-state index in [1.54, 1.807) is 12.1 Å². The van der Waals surface area contributed by atoms with Crippen LogP contribution in [-0.4, -0.2) is 36.4 Å². The van der Waals surface area contributed by atoms with Gasteiger partial charge in [-0.2, -0.15) is 0 Å². The Morgan fingerprint density at radius 3 is 2.25 bits per heavy atom. The molecule has 0 spiro atoms. The molecule has 2 aromatic carbocycles. The Hall–Kier alpha value is -2.86. The van der Waals surface area contributed by atoms with Gasteiger partial charge in [0.05, 0.1) is 0 Å². The van der Waals surface area contributed by atoms with Crippen LogP contribution < -0.4 is 15.6 Å². The molecule has 0 fully saturated rings. The van der Waals surface area contributed by atoms with Gasteiger partial charge >= 0.3 is 0 Å². The molecule has 28 heavy (non-hydrogen) atoms. The second kappa shape index (κ2) is 11.1. The first-order valence-corrected chi connectivity index (χ1v) is 9.68. The van der Waals surface area contributed by atoms with Crippen LogP contribution in [0.1, 0.15) is 42.3 Å². The number of benzene rings is 2. The largest absolute Gasteiger partial charge is 0.483 e. The fourth-order valence-electron chi connectivity index (χ4n) is 2.78. The van der Waals surface area contributed by atoms with Gasteiger partial charge in [-0.25, -0.2) is 0 Å². The molecule has 0 heterocycles. The summed E-state index contributed by atoms with van der Waals surface area (Å²) in [6.07, 6.45) is 0.818. The van der Waals surface area contributed by atoms with Crippen molar-refractivity contribution in [2.24, 2.45) is 0 Å². The molecule has 150 valence electrons. The molecule has 0 aliphatic heterocycles. The van der Waals surface area contributed by atoms with Crippen molar-refractivity contribution in [2.75, 3.05) is 19.7 Å². The van der Waals surface area contributed by atoms with Crippen molar-refractivity contribution >= 4 is 11.8 Å². The first kappa shape index (κ1) is 21.4. The van der Waals surface area contributed by atoms with Crippen molar-refractivity contribution in [2.45, 2.75) is 33.7 Å². The van der Waals surface area contributed by atoms with E-state index < -0.39 is 5.91 Å². The molecule has 0 atom stereocenters. The van der Waals surface area contributed by atoms with Crippen molar-refractivity contribution in [1.82, 2.24) is 15.8 Å². The number of carbonyl (C=O) groups is 2. The fraction of sp³-hybridized carbons (Fsp3) is 0.364. The Kier molecular flexibility index (Phi) is 8.49. The quantitative estimate of drug-likeness (QED) is 0.653. The third kappa shape index (κ3) is 6.39. The monoisotopic (exact) mass is 383 g/mol. The van der Waals surface area contributed by atoms with Crippen LogP contribution in [0.2, 0.25) is 0 Å². The molecule has 6 nitrogen and oxygen atoms in total. The van der Waals surface area contributed by atoms with E-state index in [0.29, 0.717) is 11.3 Å². The predicted octanol–water partition coefficient (Wildman–Crippen LogP) is 2.93. The number of nitrogens with zero attached hydrogens (tertiary/aromatic N) is 1. The second-order valence-electron chi connectivity index (χ2n) is 6.41. The van der Waals surface area contributed by atoms with Crippen molar-refractivity contribution in [3.05, 3.63) is 65.2 Å². The smallest absolute Gasteiger partial charge is 0.276 e. The minimum absolute atomic E-state index is 0.167. The van der Waals surface area contributed by atoms with Crippen molar-refractivity contribution in [3.63, 3.8) is 0 Å². The lowest BCUT2D eigenvalue weighted by molar-refractivity contribution is -0.123. The molecule has 0 radical (unpaired) electrons. The number of para-hydroxylation sites is 1. The molecule has 0 aliphatic rings. The minimum Gasteiger partial charge on any atom is -0.483 e. The van der Waals surface area contributed by atoms with Gasteiger partial charge in [0.15, 0.2) is 6.61 Å². The maximum absolute atomic E-state index is 12.2. The Bertz CT molecular complexity index is 771. The lowest BCUT2D eigenvalue weighted by atomic mass is 10.1. The second-order valence-corrected chi connectivity index (χ2v) is 6.41. The predicted molar refractivity (Wildman–Crippen MR) is 110 cm³/mol. The zero-order chi connectivity index (χ0) is 20.4. The summed E-state index contributed by atoms with van der Waals surface area (Å²) in [6.45, 7) is 8.92. The van der Waals surface area contributed by atoms with Crippen LogP contribution in [0.3, 0.4) is 0 Å². The number of nitrogens with one attached hydrogen (secondary N) is 2. The molecular formula is C22H29N3O3. The van der Waals surface area contributed by atoms with E-state index in [1.807, 2.05) is 43.3 Å². The van der Waals surface area contributed by atoms with Crippen molar-refractivity contribution < 1.29 is 14.3 Å². The highest BCUT2D eigenvalue weighted by Gasteiger charge is 2.09. The van der Waals surface area contributed by atoms with E-state index in [9.17, 15) is 9.59 Å². The van der Waals surface area contributed by atoms with Crippen LogP contribution >= 0.6 is 0 Å². The van der Waals surface area contributed by atoms with Crippen LogP contribution in [-0.2, 0) is 17.8 Å². The van der Waals surface area contributed by atoms with E-state index in [4.69, 9.17) is 4.74 Å². The summed E-state index contributed by atoms with van der Waals surface area (Å²) in [6, 6.07) is 14.9. The molecular weight excluding hydrogens is 354 g/mol. The van der Waals surface area contributed by atoms with E-state index in [1.165, 1.54) is 0 Å². The van der Waals surface area contributed by atoms with Gasteiger partial charge < -0.3 is 4.74 Å². The van der Waals surface area contributed by atoms with Crippen LogP contribution in [0.25, 0.3) is 0 Å². The van der Waals surface area contributed by atoms with Gasteiger partial charge in [0, 0.05) is 12.1 Å². The Morgan fingerprint density at radius 1 is 0.929 bits per heavy atom. The number of rotatable bonds is 9. The summed E-state index contributed by atoms with van der Waals surface area (Å²) >= 11 is 0. The zero-order valence-electron chi connectivity index (χ0n) is 16.8. The van der Waals surface area contributed by atoms with Crippen LogP contribution in [0.15, 0.2) is 48.5 Å². The lowest BCUT2D eigenvalue weighted by Crippen LogP contribution is -2.43. The summed E-state index contributed by atoms with van der Waals surface area (Å²) in [5.41, 5.74) is 7.46. The van der Waals surface area contributed by atoms with E-state index in [0.717, 1.165) is 37.2 Å². The molecule has 0 aliphatic carbocycles. The number of carbonyl (C=O) groups excluding carboxylic acids is 2. The molecule has 0 unspecified atom stereocenters. The maximum atomic E-state index is 12.2. The van der Waals surface area contributed by atoms with E-state index in [2.05, 4.69) is 29.6 Å². The van der Waals surface area contributed by atoms with Crippen LogP contribution in [0.5, 0.6) is 5.75 Å². The van der Waals surface area contributed by atoms with Crippen molar-refractivity contribution in [3.8, 4) is 5.75 Å². The Morgan fingerprint density at radius 2 is 1.61 bits per heavy atom. The van der Waals surface area contributed by atoms with Crippen LogP contribution in [0.4, 0.5) is 0 Å². The Labute approximate surface area is 166 Å². The summed E-state index contributed by atoms with van der Waals surface area (Å²) in [5, 5.41) is 0. The topological polar surface area (TPSA) is 70.7 Å². The fourth-order valence-corrected chi connectivity index (χ4v) is 2.78. The van der Waals surface area contributed by atoms with Gasteiger partial charge in [-0.05, 0) is 48.8 Å². The normalized spacial score (nSPS) is 10.6. The highest BCUT2D eigenvalue weighted by Crippen LogP contribution is 2.17. The molecule has 2 N–H and O–H groups in total. The van der Waals surface area contributed by atoms with Gasteiger partial charge in [-0.1, -0.05) is 51.1 Å². The average Bonchev–Trinajstić information content (AvgIpc) is 2.74. The molecule has 0 bridgehead atoms. The van der Waals surface area contributed by atoms with Gasteiger partial charge in [-0.3, -0.25) is 25.3 Å². The molecule has 0 aromatic heterocycles. The highest BCUT2D eigenvalue weighted by molar-refractivity contribution is 5.95. The number of hydrogen-bond donors (Lipinski definition) is 2. The highest BCUT2D eigenvalue weighted by atomic mass is 16.5. The van der Waals surface area contributed by atoms with Crippen LogP contribution in [0, 0.1) is 0 Å². The first-order chi connectivity index (χ1) is 13.6. The summed E-state index contributed by atoms with van der Waals surface area (Å²) in [4.78, 5) is 26.4. The number of ether oxygens (including phenoxy) is 1. The van der Waals surface area contributed by atoms with Crippen molar-refractivity contribution in [1.29, 1.82) is 0 Å². The molecule has 0 saturated heterocycles. The lowest BCUT2D eigenvalue weighted by Gasteiger charge is -2.18. The number of aryl methyl sites for hydroxylation is 1. The summed E-state index contributed by atoms with van der Waals surface area (Å²) < 4.78 is 5.53. The van der Waals surface area contributed by atoms with Gasteiger partial charge in [0.2, 0.25) is 0 Å². The third-order valence-electron chi connectivity index (χ3n) is 4.54. The van der Waals surface area contributed by atoms with E-state index >= 15 is 0 Å². The van der Waals surface area contributed by atoms with Gasteiger partial charge in [0.25, 0.3) is 11.8 Å². The third-order valence-corrected chi connectivity index (χ3v) is 4.54. The SMILES string of the molecule is CCc1ccccc1OCC(=O)NNC(=O)c1ccc(CN(CC)CC)cc1. The molecule has 6 heteroatoms.